The number of hydrogen-bond donors (Lipinski definition) is 1. The van der Waals surface area contributed by atoms with Crippen molar-refractivity contribution in [2.75, 3.05) is 0 Å². The number of benzene rings is 1. The lowest BCUT2D eigenvalue weighted by Gasteiger charge is -2.42. The molecule has 2 atom stereocenters. The van der Waals surface area contributed by atoms with E-state index in [4.69, 9.17) is 0 Å². The Labute approximate surface area is 110 Å². The third-order valence-corrected chi connectivity index (χ3v) is 4.10. The van der Waals surface area contributed by atoms with Crippen LogP contribution in [0.3, 0.4) is 0 Å². The second-order valence-corrected chi connectivity index (χ2v) is 5.72. The average Bonchev–Trinajstić information content (AvgIpc) is 2.31. The summed E-state index contributed by atoms with van der Waals surface area (Å²) < 4.78 is 0. The number of rotatable bonds is 3. The summed E-state index contributed by atoms with van der Waals surface area (Å²) >= 11 is 0. The van der Waals surface area contributed by atoms with Gasteiger partial charge in [0, 0.05) is 17.9 Å². The van der Waals surface area contributed by atoms with Crippen LogP contribution in [-0.4, -0.2) is 11.4 Å². The van der Waals surface area contributed by atoms with Crippen molar-refractivity contribution in [3.63, 3.8) is 0 Å². The molecule has 0 aliphatic carbocycles. The van der Waals surface area contributed by atoms with Gasteiger partial charge in [0.1, 0.15) is 0 Å². The summed E-state index contributed by atoms with van der Waals surface area (Å²) in [7, 11) is 0. The minimum Gasteiger partial charge on any atom is -0.350 e. The van der Waals surface area contributed by atoms with E-state index in [2.05, 4.69) is 50.4 Å². The van der Waals surface area contributed by atoms with E-state index < -0.39 is 0 Å². The monoisotopic (exact) mass is 245 g/mol. The summed E-state index contributed by atoms with van der Waals surface area (Å²) in [6.45, 7) is 6.48. The van der Waals surface area contributed by atoms with Crippen LogP contribution in [0.2, 0.25) is 0 Å². The van der Waals surface area contributed by atoms with Crippen molar-refractivity contribution in [2.24, 2.45) is 0 Å². The van der Waals surface area contributed by atoms with Gasteiger partial charge in [-0.25, -0.2) is 0 Å². The molecule has 2 rings (SSSR count). The molecule has 1 fully saturated rings. The highest BCUT2D eigenvalue weighted by molar-refractivity contribution is 5.78. The Bertz CT molecular complexity index is 423. The number of piperidine rings is 1. The third-order valence-electron chi connectivity index (χ3n) is 4.10. The molecule has 1 aromatic rings. The van der Waals surface area contributed by atoms with Crippen molar-refractivity contribution in [3.8, 4) is 0 Å². The van der Waals surface area contributed by atoms with Crippen molar-refractivity contribution >= 4 is 5.91 Å². The topological polar surface area (TPSA) is 29.1 Å². The van der Waals surface area contributed by atoms with E-state index >= 15 is 0 Å². The third kappa shape index (κ3) is 2.58. The summed E-state index contributed by atoms with van der Waals surface area (Å²) in [5, 5.41) is 3.22. The van der Waals surface area contributed by atoms with E-state index in [1.807, 2.05) is 0 Å². The Morgan fingerprint density at radius 2 is 2.00 bits per heavy atom. The first kappa shape index (κ1) is 13.1. The fraction of sp³-hybridized carbons (Fsp3) is 0.562. The van der Waals surface area contributed by atoms with Gasteiger partial charge in [0.2, 0.25) is 5.91 Å². The summed E-state index contributed by atoms with van der Waals surface area (Å²) in [6.07, 6.45) is 3.75. The van der Waals surface area contributed by atoms with Gasteiger partial charge in [-0.2, -0.15) is 0 Å². The highest BCUT2D eigenvalue weighted by Crippen LogP contribution is 2.38. The quantitative estimate of drug-likeness (QED) is 0.867. The smallest absolute Gasteiger partial charge is 0.220 e. The highest BCUT2D eigenvalue weighted by Gasteiger charge is 2.39. The first-order chi connectivity index (χ1) is 8.55. The molecule has 98 valence electrons. The highest BCUT2D eigenvalue weighted by atomic mass is 16.1. The van der Waals surface area contributed by atoms with Gasteiger partial charge < -0.3 is 5.32 Å². The lowest BCUT2D eigenvalue weighted by atomic mass is 9.72. The van der Waals surface area contributed by atoms with Gasteiger partial charge in [-0.05, 0) is 32.3 Å². The van der Waals surface area contributed by atoms with Crippen LogP contribution in [0, 0.1) is 6.92 Å². The van der Waals surface area contributed by atoms with Crippen molar-refractivity contribution in [3.05, 3.63) is 35.4 Å². The molecule has 0 spiro atoms. The molecule has 1 heterocycles. The van der Waals surface area contributed by atoms with Crippen LogP contribution >= 0.6 is 0 Å². The largest absolute Gasteiger partial charge is 0.350 e. The fourth-order valence-electron chi connectivity index (χ4n) is 3.15. The predicted octanol–water partition coefficient (Wildman–Crippen LogP) is 3.55. The zero-order valence-corrected chi connectivity index (χ0v) is 11.6. The van der Waals surface area contributed by atoms with Crippen molar-refractivity contribution in [1.82, 2.24) is 5.32 Å². The zero-order chi connectivity index (χ0) is 13.2. The average molecular weight is 245 g/mol. The summed E-state index contributed by atoms with van der Waals surface area (Å²) in [4.78, 5) is 11.7. The lowest BCUT2D eigenvalue weighted by Crippen LogP contribution is -2.53. The molecule has 1 aromatic carbocycles. The van der Waals surface area contributed by atoms with E-state index in [0.717, 1.165) is 19.3 Å². The van der Waals surface area contributed by atoms with Crippen LogP contribution in [0.25, 0.3) is 0 Å². The normalized spacial score (nSPS) is 27.9. The maximum absolute atomic E-state index is 11.7. The number of nitrogens with one attached hydrogen (secondary N) is 1. The summed E-state index contributed by atoms with van der Waals surface area (Å²) in [6, 6.07) is 8.76. The Hall–Kier alpha value is -1.31. The van der Waals surface area contributed by atoms with Crippen LogP contribution in [0.15, 0.2) is 24.3 Å². The van der Waals surface area contributed by atoms with E-state index in [9.17, 15) is 4.79 Å². The molecule has 0 saturated carbocycles. The molecule has 1 amide bonds. The van der Waals surface area contributed by atoms with Gasteiger partial charge >= 0.3 is 0 Å². The van der Waals surface area contributed by atoms with Crippen molar-refractivity contribution in [2.45, 2.75) is 57.9 Å². The van der Waals surface area contributed by atoms with Gasteiger partial charge in [-0.1, -0.05) is 43.2 Å². The number of carbonyl (C=O) groups excluding carboxylic acids is 1. The van der Waals surface area contributed by atoms with Gasteiger partial charge in [-0.3, -0.25) is 4.79 Å². The second-order valence-electron chi connectivity index (χ2n) is 5.72. The molecule has 0 aromatic heterocycles. The minimum absolute atomic E-state index is 0.0840. The first-order valence-electron chi connectivity index (χ1n) is 6.93. The maximum atomic E-state index is 11.7. The van der Waals surface area contributed by atoms with Crippen LogP contribution in [0.4, 0.5) is 0 Å². The number of amides is 1. The summed E-state index contributed by atoms with van der Waals surface area (Å²) in [5.41, 5.74) is 2.56. The molecule has 1 N–H and O–H groups in total. The van der Waals surface area contributed by atoms with Crippen LogP contribution in [0.1, 0.15) is 56.6 Å². The van der Waals surface area contributed by atoms with Gasteiger partial charge in [-0.15, -0.1) is 0 Å². The van der Waals surface area contributed by atoms with E-state index in [1.165, 1.54) is 11.1 Å². The Morgan fingerprint density at radius 1 is 1.33 bits per heavy atom. The van der Waals surface area contributed by atoms with Crippen LogP contribution < -0.4 is 5.32 Å². The predicted molar refractivity (Wildman–Crippen MR) is 74.6 cm³/mol. The minimum atomic E-state index is -0.0840. The molecule has 18 heavy (non-hydrogen) atoms. The number of hydrogen-bond acceptors (Lipinski definition) is 1. The lowest BCUT2D eigenvalue weighted by molar-refractivity contribution is -0.125. The molecule has 1 aliphatic heterocycles. The van der Waals surface area contributed by atoms with E-state index in [-0.39, 0.29) is 11.4 Å². The summed E-state index contributed by atoms with van der Waals surface area (Å²) in [5.74, 6) is 0.644. The molecule has 0 bridgehead atoms. The van der Waals surface area contributed by atoms with Crippen molar-refractivity contribution in [1.29, 1.82) is 0 Å². The molecular formula is C16H23NO. The van der Waals surface area contributed by atoms with Gasteiger partial charge in [0.05, 0.1) is 0 Å². The molecule has 2 unspecified atom stereocenters. The SMILES string of the molecule is CCCC1(C)NC(=O)CCC1c1ccc(C)cc1. The molecular weight excluding hydrogens is 222 g/mol. The van der Waals surface area contributed by atoms with Gasteiger partial charge in [0.15, 0.2) is 0 Å². The Kier molecular flexibility index (Phi) is 3.74. The Balaban J connectivity index is 2.28. The van der Waals surface area contributed by atoms with Crippen molar-refractivity contribution < 1.29 is 4.79 Å². The Morgan fingerprint density at radius 3 is 2.61 bits per heavy atom. The maximum Gasteiger partial charge on any atom is 0.220 e. The van der Waals surface area contributed by atoms with Gasteiger partial charge in [0.25, 0.3) is 0 Å². The molecule has 0 radical (unpaired) electrons. The van der Waals surface area contributed by atoms with E-state index in [0.29, 0.717) is 12.3 Å². The standard InChI is InChI=1S/C16H23NO/c1-4-11-16(3)14(9-10-15(18)17-16)13-7-5-12(2)6-8-13/h5-8,14H,4,9-11H2,1-3H3,(H,17,18). The first-order valence-corrected chi connectivity index (χ1v) is 6.93. The number of aryl methyl sites for hydroxylation is 1. The molecule has 2 nitrogen and oxygen atoms in total. The van der Waals surface area contributed by atoms with E-state index in [1.54, 1.807) is 0 Å². The molecule has 1 aliphatic rings. The zero-order valence-electron chi connectivity index (χ0n) is 11.6. The molecule has 1 saturated heterocycles. The van der Waals surface area contributed by atoms with Crippen LogP contribution in [-0.2, 0) is 4.79 Å². The molecule has 2 heteroatoms. The van der Waals surface area contributed by atoms with Crippen LogP contribution in [0.5, 0.6) is 0 Å². The number of carbonyl (C=O) groups is 1. The fourth-order valence-corrected chi connectivity index (χ4v) is 3.15. The second kappa shape index (κ2) is 5.13.